The number of hydrogen-bond donors (Lipinski definition) is 0. The number of nitrogens with zero attached hydrogens (tertiary/aromatic N) is 4. The van der Waals surface area contributed by atoms with Crippen LogP contribution in [0.25, 0.3) is 0 Å². The lowest BCUT2D eigenvalue weighted by molar-refractivity contribution is -0.0188. The van der Waals surface area contributed by atoms with Gasteiger partial charge in [-0.1, -0.05) is 18.0 Å². The van der Waals surface area contributed by atoms with Crippen LogP contribution in [-0.2, 0) is 11.4 Å². The molecule has 5 nitrogen and oxygen atoms in total. The van der Waals surface area contributed by atoms with Crippen molar-refractivity contribution in [1.82, 2.24) is 14.8 Å². The minimum absolute atomic E-state index is 0.244. The Balaban J connectivity index is 1.64. The molecule has 2 heterocycles. The summed E-state index contributed by atoms with van der Waals surface area (Å²) in [4.78, 5) is 9.59. The minimum atomic E-state index is -0.244. The van der Waals surface area contributed by atoms with Gasteiger partial charge in [-0.25, -0.2) is 9.67 Å². The molecule has 1 aromatic heterocycles. The van der Waals surface area contributed by atoms with E-state index in [0.717, 1.165) is 6.42 Å². The van der Waals surface area contributed by atoms with Gasteiger partial charge in [0.1, 0.15) is 12.7 Å². The van der Waals surface area contributed by atoms with E-state index in [-0.39, 0.29) is 5.60 Å². The minimum Gasteiger partial charge on any atom is -0.387 e. The molecule has 1 aromatic rings. The molecule has 1 fully saturated rings. The van der Waals surface area contributed by atoms with E-state index >= 15 is 0 Å². The molecule has 0 spiro atoms. The fourth-order valence-corrected chi connectivity index (χ4v) is 2.84. The van der Waals surface area contributed by atoms with Gasteiger partial charge in [0.25, 0.3) is 0 Å². The molecular weight excluding hydrogens is 216 g/mol. The van der Waals surface area contributed by atoms with Gasteiger partial charge in [0, 0.05) is 12.3 Å². The first-order valence-corrected chi connectivity index (χ1v) is 6.33. The third-order valence-electron chi connectivity index (χ3n) is 3.73. The van der Waals surface area contributed by atoms with Gasteiger partial charge in [-0.05, 0) is 19.8 Å². The molecule has 1 saturated carbocycles. The molecule has 5 heteroatoms. The molecular formula is C12H18N4O. The van der Waals surface area contributed by atoms with Crippen molar-refractivity contribution in [3.8, 4) is 0 Å². The van der Waals surface area contributed by atoms with Crippen LogP contribution >= 0.6 is 0 Å². The smallest absolute Gasteiger partial charge is 0.159 e. The SMILES string of the molecule is CC1(Cn2cncn2)CC(C2CCCC2)=NO1. The molecule has 3 rings (SSSR count). The summed E-state index contributed by atoms with van der Waals surface area (Å²) in [5.74, 6) is 0.660. The fourth-order valence-electron chi connectivity index (χ4n) is 2.84. The summed E-state index contributed by atoms with van der Waals surface area (Å²) in [7, 11) is 0. The van der Waals surface area contributed by atoms with E-state index in [1.807, 2.05) is 4.68 Å². The van der Waals surface area contributed by atoms with Crippen molar-refractivity contribution in [3.63, 3.8) is 0 Å². The van der Waals surface area contributed by atoms with Crippen LogP contribution in [0, 0.1) is 5.92 Å². The average molecular weight is 234 g/mol. The lowest BCUT2D eigenvalue weighted by Crippen LogP contribution is -2.32. The topological polar surface area (TPSA) is 52.3 Å². The molecule has 0 bridgehead atoms. The quantitative estimate of drug-likeness (QED) is 0.803. The normalized spacial score (nSPS) is 29.4. The lowest BCUT2D eigenvalue weighted by atomic mass is 9.91. The Morgan fingerprint density at radius 3 is 3.00 bits per heavy atom. The van der Waals surface area contributed by atoms with Crippen LogP contribution in [0.4, 0.5) is 0 Å². The number of aromatic nitrogens is 3. The first-order chi connectivity index (χ1) is 8.25. The van der Waals surface area contributed by atoms with Crippen molar-refractivity contribution in [2.45, 2.75) is 51.2 Å². The van der Waals surface area contributed by atoms with Gasteiger partial charge in [0.05, 0.1) is 12.3 Å². The van der Waals surface area contributed by atoms with Crippen molar-refractivity contribution >= 4 is 5.71 Å². The second kappa shape index (κ2) is 4.13. The zero-order valence-corrected chi connectivity index (χ0v) is 10.2. The van der Waals surface area contributed by atoms with Crippen LogP contribution in [0.3, 0.4) is 0 Å². The molecule has 1 aliphatic carbocycles. The maximum atomic E-state index is 5.64. The van der Waals surface area contributed by atoms with E-state index in [4.69, 9.17) is 4.84 Å². The van der Waals surface area contributed by atoms with Crippen LogP contribution in [0.1, 0.15) is 39.0 Å². The van der Waals surface area contributed by atoms with Crippen LogP contribution in [0.15, 0.2) is 17.8 Å². The van der Waals surface area contributed by atoms with E-state index in [2.05, 4.69) is 22.2 Å². The third kappa shape index (κ3) is 2.18. The maximum absolute atomic E-state index is 5.64. The summed E-state index contributed by atoms with van der Waals surface area (Å²) in [6.45, 7) is 2.81. The van der Waals surface area contributed by atoms with Crippen molar-refractivity contribution in [2.24, 2.45) is 11.1 Å². The Hall–Kier alpha value is -1.39. The molecule has 0 aromatic carbocycles. The van der Waals surface area contributed by atoms with Crippen LogP contribution in [0.2, 0.25) is 0 Å². The van der Waals surface area contributed by atoms with Crippen LogP contribution in [-0.4, -0.2) is 26.1 Å². The Morgan fingerprint density at radius 2 is 2.29 bits per heavy atom. The highest BCUT2D eigenvalue weighted by Gasteiger charge is 2.38. The van der Waals surface area contributed by atoms with E-state index in [9.17, 15) is 0 Å². The standard InChI is InChI=1S/C12H18N4O/c1-12(7-16-9-13-8-14-16)6-11(15-17-12)10-4-2-3-5-10/h8-10H,2-7H2,1H3. The van der Waals surface area contributed by atoms with Gasteiger partial charge >= 0.3 is 0 Å². The highest BCUT2D eigenvalue weighted by atomic mass is 16.7. The molecule has 0 saturated heterocycles. The summed E-state index contributed by atoms with van der Waals surface area (Å²) < 4.78 is 1.81. The molecule has 17 heavy (non-hydrogen) atoms. The zero-order chi connectivity index (χ0) is 11.7. The second-order valence-electron chi connectivity index (χ2n) is 5.38. The van der Waals surface area contributed by atoms with Crippen molar-refractivity contribution < 1.29 is 4.84 Å². The molecule has 1 unspecified atom stereocenters. The van der Waals surface area contributed by atoms with E-state index < -0.39 is 0 Å². The second-order valence-corrected chi connectivity index (χ2v) is 5.38. The Morgan fingerprint density at radius 1 is 1.47 bits per heavy atom. The zero-order valence-electron chi connectivity index (χ0n) is 10.2. The summed E-state index contributed by atoms with van der Waals surface area (Å²) in [6.07, 6.45) is 9.44. The van der Waals surface area contributed by atoms with Crippen molar-refractivity contribution in [1.29, 1.82) is 0 Å². The first kappa shape index (κ1) is 10.7. The summed E-state index contributed by atoms with van der Waals surface area (Å²) in [6, 6.07) is 0. The van der Waals surface area contributed by atoms with Gasteiger partial charge in [-0.15, -0.1) is 0 Å². The van der Waals surface area contributed by atoms with Crippen molar-refractivity contribution in [3.05, 3.63) is 12.7 Å². The van der Waals surface area contributed by atoms with E-state index in [1.165, 1.54) is 31.4 Å². The number of rotatable bonds is 3. The molecule has 1 atom stereocenters. The fraction of sp³-hybridized carbons (Fsp3) is 0.750. The van der Waals surface area contributed by atoms with Gasteiger partial charge in [-0.3, -0.25) is 0 Å². The molecule has 0 N–H and O–H groups in total. The van der Waals surface area contributed by atoms with Crippen LogP contribution < -0.4 is 0 Å². The van der Waals surface area contributed by atoms with Gasteiger partial charge in [0.15, 0.2) is 5.60 Å². The van der Waals surface area contributed by atoms with Gasteiger partial charge in [-0.2, -0.15) is 5.10 Å². The Labute approximate surface area is 101 Å². The van der Waals surface area contributed by atoms with Gasteiger partial charge in [0.2, 0.25) is 0 Å². The molecule has 1 aliphatic heterocycles. The summed E-state index contributed by atoms with van der Waals surface area (Å²) in [5, 5.41) is 8.43. The van der Waals surface area contributed by atoms with Crippen molar-refractivity contribution in [2.75, 3.05) is 0 Å². The van der Waals surface area contributed by atoms with Crippen LogP contribution in [0.5, 0.6) is 0 Å². The van der Waals surface area contributed by atoms with E-state index in [0.29, 0.717) is 12.5 Å². The number of hydrogen-bond acceptors (Lipinski definition) is 4. The average Bonchev–Trinajstić information content (AvgIpc) is 2.98. The monoisotopic (exact) mass is 234 g/mol. The van der Waals surface area contributed by atoms with E-state index in [1.54, 1.807) is 12.7 Å². The maximum Gasteiger partial charge on any atom is 0.159 e. The summed E-state index contributed by atoms with van der Waals surface area (Å²) >= 11 is 0. The predicted octanol–water partition coefficient (Wildman–Crippen LogP) is 2.00. The Bertz CT molecular complexity index is 408. The Kier molecular flexibility index (Phi) is 2.61. The predicted molar refractivity (Wildman–Crippen MR) is 63.5 cm³/mol. The number of oxime groups is 1. The largest absolute Gasteiger partial charge is 0.387 e. The third-order valence-corrected chi connectivity index (χ3v) is 3.73. The molecule has 0 radical (unpaired) electrons. The lowest BCUT2D eigenvalue weighted by Gasteiger charge is -2.21. The van der Waals surface area contributed by atoms with Gasteiger partial charge < -0.3 is 4.84 Å². The molecule has 0 amide bonds. The highest BCUT2D eigenvalue weighted by molar-refractivity contribution is 5.88. The molecule has 92 valence electrons. The highest BCUT2D eigenvalue weighted by Crippen LogP contribution is 2.34. The first-order valence-electron chi connectivity index (χ1n) is 6.33. The summed E-state index contributed by atoms with van der Waals surface area (Å²) in [5.41, 5.74) is 1.01. The molecule has 2 aliphatic rings.